The van der Waals surface area contributed by atoms with Gasteiger partial charge in [-0.3, -0.25) is 9.59 Å². The van der Waals surface area contributed by atoms with E-state index >= 15 is 0 Å². The first-order chi connectivity index (χ1) is 10.8. The number of aryl methyl sites for hydroxylation is 1. The van der Waals surface area contributed by atoms with Gasteiger partial charge in [-0.25, -0.2) is 0 Å². The number of carbonyl (C=O) groups is 2. The van der Waals surface area contributed by atoms with Crippen LogP contribution in [0, 0.1) is 5.92 Å². The van der Waals surface area contributed by atoms with Crippen LogP contribution < -0.4 is 16.4 Å². The molecular weight excluding hydrogens is 290 g/mol. The van der Waals surface area contributed by atoms with Crippen LogP contribution in [0.1, 0.15) is 44.7 Å². The zero-order valence-corrected chi connectivity index (χ0v) is 14.2. The Morgan fingerprint density at radius 3 is 2.83 bits per heavy atom. The van der Waals surface area contributed by atoms with Crippen molar-refractivity contribution in [2.75, 3.05) is 11.9 Å². The lowest BCUT2D eigenvalue weighted by atomic mass is 9.88. The Labute approximate surface area is 138 Å². The summed E-state index contributed by atoms with van der Waals surface area (Å²) in [5.74, 6) is 0.383. The molecule has 0 radical (unpaired) electrons. The molecule has 0 saturated carbocycles. The molecule has 5 heteroatoms. The van der Waals surface area contributed by atoms with Crippen molar-refractivity contribution < 1.29 is 9.59 Å². The Balaban J connectivity index is 1.82. The standard InChI is InChI=1S/C18H27N3O2/c1-12(2)18(3,11-19)21-16(22)6-4-5-13-7-8-15-14(9-13)10-17(23)20-15/h7-9,12H,4-6,10-11,19H2,1-3H3,(H,20,23)(H,21,22). The zero-order valence-electron chi connectivity index (χ0n) is 14.2. The number of nitrogens with two attached hydrogens (primary N) is 1. The van der Waals surface area contributed by atoms with E-state index in [2.05, 4.69) is 30.5 Å². The topological polar surface area (TPSA) is 84.2 Å². The molecule has 1 aliphatic rings. The highest BCUT2D eigenvalue weighted by Gasteiger charge is 2.28. The number of hydrogen-bond donors (Lipinski definition) is 3. The molecule has 4 N–H and O–H groups in total. The van der Waals surface area contributed by atoms with Gasteiger partial charge in [0.05, 0.1) is 12.0 Å². The van der Waals surface area contributed by atoms with Gasteiger partial charge in [0.15, 0.2) is 0 Å². The van der Waals surface area contributed by atoms with Crippen LogP contribution in [0.2, 0.25) is 0 Å². The molecule has 0 fully saturated rings. The predicted molar refractivity (Wildman–Crippen MR) is 92.2 cm³/mol. The highest BCUT2D eigenvalue weighted by Crippen LogP contribution is 2.24. The fourth-order valence-electron chi connectivity index (χ4n) is 2.70. The van der Waals surface area contributed by atoms with Crippen molar-refractivity contribution in [2.45, 2.75) is 52.0 Å². The van der Waals surface area contributed by atoms with Gasteiger partial charge in [0.2, 0.25) is 11.8 Å². The first-order valence-electron chi connectivity index (χ1n) is 8.27. The number of anilines is 1. The van der Waals surface area contributed by atoms with E-state index < -0.39 is 0 Å². The number of rotatable bonds is 7. The molecule has 0 spiro atoms. The number of nitrogens with one attached hydrogen (secondary N) is 2. The monoisotopic (exact) mass is 317 g/mol. The fourth-order valence-corrected chi connectivity index (χ4v) is 2.70. The average Bonchev–Trinajstić information content (AvgIpc) is 2.86. The number of amides is 2. The van der Waals surface area contributed by atoms with Gasteiger partial charge in [-0.2, -0.15) is 0 Å². The average molecular weight is 317 g/mol. The lowest BCUT2D eigenvalue weighted by molar-refractivity contribution is -0.123. The normalized spacial score (nSPS) is 16.0. The molecule has 1 aromatic rings. The summed E-state index contributed by atoms with van der Waals surface area (Å²) in [4.78, 5) is 23.5. The van der Waals surface area contributed by atoms with Crippen LogP contribution in [-0.2, 0) is 22.4 Å². The molecule has 2 rings (SSSR count). The Morgan fingerprint density at radius 1 is 1.43 bits per heavy atom. The summed E-state index contributed by atoms with van der Waals surface area (Å²) < 4.78 is 0. The van der Waals surface area contributed by atoms with E-state index in [1.165, 1.54) is 5.56 Å². The Hall–Kier alpha value is -1.88. The fraction of sp³-hybridized carbons (Fsp3) is 0.556. The second-order valence-electron chi connectivity index (χ2n) is 6.89. The smallest absolute Gasteiger partial charge is 0.228 e. The van der Waals surface area contributed by atoms with Crippen LogP contribution in [-0.4, -0.2) is 23.9 Å². The summed E-state index contributed by atoms with van der Waals surface area (Å²) in [6.45, 7) is 6.54. The number of carbonyl (C=O) groups excluding carboxylic acids is 2. The number of benzene rings is 1. The summed E-state index contributed by atoms with van der Waals surface area (Å²) in [5.41, 5.74) is 8.56. The van der Waals surface area contributed by atoms with Gasteiger partial charge in [-0.05, 0) is 42.9 Å². The van der Waals surface area contributed by atoms with Gasteiger partial charge < -0.3 is 16.4 Å². The summed E-state index contributed by atoms with van der Waals surface area (Å²) in [6.07, 6.45) is 2.55. The minimum absolute atomic E-state index is 0.0460. The predicted octanol–water partition coefficient (Wildman–Crippen LogP) is 1.99. The van der Waals surface area contributed by atoms with Crippen molar-refractivity contribution in [3.63, 3.8) is 0 Å². The molecule has 0 aliphatic carbocycles. The second kappa shape index (κ2) is 7.13. The van der Waals surface area contributed by atoms with Crippen molar-refractivity contribution in [1.29, 1.82) is 0 Å². The molecule has 1 unspecified atom stereocenters. The molecule has 0 saturated heterocycles. The van der Waals surface area contributed by atoms with E-state index in [9.17, 15) is 9.59 Å². The second-order valence-corrected chi connectivity index (χ2v) is 6.89. The minimum atomic E-state index is -0.351. The minimum Gasteiger partial charge on any atom is -0.349 e. The highest BCUT2D eigenvalue weighted by atomic mass is 16.2. The van der Waals surface area contributed by atoms with E-state index in [1.54, 1.807) is 0 Å². The molecule has 2 amide bonds. The largest absolute Gasteiger partial charge is 0.349 e. The lowest BCUT2D eigenvalue weighted by Gasteiger charge is -2.33. The zero-order chi connectivity index (χ0) is 17.0. The maximum atomic E-state index is 12.1. The molecule has 1 atom stereocenters. The highest BCUT2D eigenvalue weighted by molar-refractivity contribution is 5.99. The lowest BCUT2D eigenvalue weighted by Crippen LogP contribution is -2.54. The van der Waals surface area contributed by atoms with Crippen LogP contribution >= 0.6 is 0 Å². The van der Waals surface area contributed by atoms with Gasteiger partial charge in [-0.15, -0.1) is 0 Å². The van der Waals surface area contributed by atoms with Gasteiger partial charge in [0.1, 0.15) is 0 Å². The molecule has 1 aliphatic heterocycles. The van der Waals surface area contributed by atoms with Gasteiger partial charge >= 0.3 is 0 Å². The molecule has 5 nitrogen and oxygen atoms in total. The Kier molecular flexibility index (Phi) is 5.42. The summed E-state index contributed by atoms with van der Waals surface area (Å²) in [5, 5.41) is 5.88. The van der Waals surface area contributed by atoms with E-state index in [1.807, 2.05) is 19.1 Å². The van der Waals surface area contributed by atoms with E-state index in [0.717, 1.165) is 24.1 Å². The molecule has 0 aromatic heterocycles. The van der Waals surface area contributed by atoms with Gasteiger partial charge in [-0.1, -0.05) is 26.0 Å². The number of hydrogen-bond acceptors (Lipinski definition) is 3. The van der Waals surface area contributed by atoms with Crippen molar-refractivity contribution >= 4 is 17.5 Å². The van der Waals surface area contributed by atoms with Crippen LogP contribution in [0.5, 0.6) is 0 Å². The summed E-state index contributed by atoms with van der Waals surface area (Å²) in [6, 6.07) is 6.02. The first kappa shape index (κ1) is 17.5. The summed E-state index contributed by atoms with van der Waals surface area (Å²) in [7, 11) is 0. The third kappa shape index (κ3) is 4.32. The molecule has 0 bridgehead atoms. The third-order valence-corrected chi connectivity index (χ3v) is 4.79. The SMILES string of the molecule is CC(C)C(C)(CN)NC(=O)CCCc1ccc2c(c1)CC(=O)N2. The van der Waals surface area contributed by atoms with Crippen LogP contribution in [0.25, 0.3) is 0 Å². The molecule has 126 valence electrons. The van der Waals surface area contributed by atoms with E-state index in [-0.39, 0.29) is 23.3 Å². The third-order valence-electron chi connectivity index (χ3n) is 4.79. The number of fused-ring (bicyclic) bond motifs is 1. The van der Waals surface area contributed by atoms with Gasteiger partial charge in [0.25, 0.3) is 0 Å². The maximum Gasteiger partial charge on any atom is 0.228 e. The Morgan fingerprint density at radius 2 is 2.17 bits per heavy atom. The van der Waals surface area contributed by atoms with Crippen molar-refractivity contribution in [3.05, 3.63) is 29.3 Å². The quantitative estimate of drug-likeness (QED) is 0.719. The molecule has 1 aromatic carbocycles. The molecule has 23 heavy (non-hydrogen) atoms. The first-order valence-corrected chi connectivity index (χ1v) is 8.27. The van der Waals surface area contributed by atoms with E-state index in [0.29, 0.717) is 19.4 Å². The van der Waals surface area contributed by atoms with E-state index in [4.69, 9.17) is 5.73 Å². The van der Waals surface area contributed by atoms with Crippen molar-refractivity contribution in [2.24, 2.45) is 11.7 Å². The molecule has 1 heterocycles. The van der Waals surface area contributed by atoms with Crippen LogP contribution in [0.3, 0.4) is 0 Å². The van der Waals surface area contributed by atoms with Crippen LogP contribution in [0.4, 0.5) is 5.69 Å². The van der Waals surface area contributed by atoms with Gasteiger partial charge in [0, 0.05) is 18.7 Å². The molecular formula is C18H27N3O2. The summed E-state index contributed by atoms with van der Waals surface area (Å²) >= 11 is 0. The Bertz CT molecular complexity index is 598. The van der Waals surface area contributed by atoms with Crippen molar-refractivity contribution in [3.8, 4) is 0 Å². The van der Waals surface area contributed by atoms with Crippen molar-refractivity contribution in [1.82, 2.24) is 5.32 Å². The maximum absolute atomic E-state index is 12.1. The van der Waals surface area contributed by atoms with Crippen LogP contribution in [0.15, 0.2) is 18.2 Å².